The minimum atomic E-state index is -0.276. The largest absolute Gasteiger partial charge is 0.497 e. The van der Waals surface area contributed by atoms with Crippen LogP contribution in [0.25, 0.3) is 0 Å². The summed E-state index contributed by atoms with van der Waals surface area (Å²) in [5, 5.41) is 2.88. The molecule has 2 amide bonds. The van der Waals surface area contributed by atoms with E-state index in [0.29, 0.717) is 18.5 Å². The fourth-order valence-corrected chi connectivity index (χ4v) is 2.88. The number of nitrogens with zero attached hydrogens (tertiary/aromatic N) is 2. The van der Waals surface area contributed by atoms with Gasteiger partial charge in [0.15, 0.2) is 0 Å². The van der Waals surface area contributed by atoms with E-state index in [9.17, 15) is 9.59 Å². The van der Waals surface area contributed by atoms with Gasteiger partial charge in [0.2, 0.25) is 0 Å². The number of nitrogens with one attached hydrogen (secondary N) is 1. The Morgan fingerprint density at radius 1 is 1.03 bits per heavy atom. The Bertz CT molecular complexity index is 989. The predicted octanol–water partition coefficient (Wildman–Crippen LogP) is 3.34. The third-order valence-electron chi connectivity index (χ3n) is 4.52. The summed E-state index contributed by atoms with van der Waals surface area (Å²) >= 11 is 0. The van der Waals surface area contributed by atoms with Crippen LogP contribution in [0.2, 0.25) is 0 Å². The number of hydrogen-bond donors (Lipinski definition) is 1. The first-order valence-corrected chi connectivity index (χ1v) is 9.29. The van der Waals surface area contributed by atoms with Crippen molar-refractivity contribution in [1.29, 1.82) is 0 Å². The first kappa shape index (κ1) is 20.1. The molecule has 0 aliphatic heterocycles. The van der Waals surface area contributed by atoms with E-state index in [2.05, 4.69) is 10.3 Å². The average Bonchev–Trinajstić information content (AvgIpc) is 2.78. The van der Waals surface area contributed by atoms with Gasteiger partial charge in [-0.05, 0) is 48.4 Å². The number of rotatable bonds is 7. The van der Waals surface area contributed by atoms with E-state index in [-0.39, 0.29) is 17.5 Å². The van der Waals surface area contributed by atoms with E-state index < -0.39 is 0 Å². The van der Waals surface area contributed by atoms with E-state index >= 15 is 0 Å². The average molecular weight is 389 g/mol. The third-order valence-corrected chi connectivity index (χ3v) is 4.52. The fourth-order valence-electron chi connectivity index (χ4n) is 2.88. The smallest absolute Gasteiger partial charge is 0.276 e. The number of pyridine rings is 1. The number of para-hydroxylation sites is 1. The molecule has 1 N–H and O–H groups in total. The van der Waals surface area contributed by atoms with Gasteiger partial charge in [-0.2, -0.15) is 0 Å². The molecule has 0 radical (unpaired) electrons. The van der Waals surface area contributed by atoms with Gasteiger partial charge in [-0.25, -0.2) is 0 Å². The van der Waals surface area contributed by atoms with Gasteiger partial charge in [0.1, 0.15) is 11.4 Å². The highest BCUT2D eigenvalue weighted by Crippen LogP contribution is 2.15. The van der Waals surface area contributed by atoms with E-state index in [1.165, 1.54) is 17.2 Å². The lowest BCUT2D eigenvalue weighted by Gasteiger charge is -2.17. The van der Waals surface area contributed by atoms with Crippen molar-refractivity contribution < 1.29 is 14.3 Å². The molecule has 3 aromatic rings. The highest BCUT2D eigenvalue weighted by atomic mass is 16.5. The van der Waals surface area contributed by atoms with Gasteiger partial charge in [-0.3, -0.25) is 14.6 Å². The van der Waals surface area contributed by atoms with Crippen molar-refractivity contribution in [3.8, 4) is 5.75 Å². The summed E-state index contributed by atoms with van der Waals surface area (Å²) < 4.78 is 5.21. The minimum Gasteiger partial charge on any atom is -0.497 e. The fraction of sp³-hybridized carbons (Fsp3) is 0.174. The summed E-state index contributed by atoms with van der Waals surface area (Å²) in [6, 6.07) is 20.1. The maximum absolute atomic E-state index is 12.7. The van der Waals surface area contributed by atoms with Crippen LogP contribution >= 0.6 is 0 Å². The standard InChI is InChI=1S/C23H23N3O3/c1-26(19-8-4-3-5-9-19)23(28)21-16-18(12-14-24-21)22(27)25-13-11-17-7-6-10-20(15-17)29-2/h3-10,12,14-16H,11,13H2,1-2H3,(H,25,27). The Morgan fingerprint density at radius 2 is 1.83 bits per heavy atom. The molecule has 6 nitrogen and oxygen atoms in total. The Morgan fingerprint density at radius 3 is 2.59 bits per heavy atom. The summed E-state index contributed by atoms with van der Waals surface area (Å²) in [4.78, 5) is 30.8. The Labute approximate surface area is 170 Å². The monoisotopic (exact) mass is 389 g/mol. The highest BCUT2D eigenvalue weighted by Gasteiger charge is 2.16. The van der Waals surface area contributed by atoms with Gasteiger partial charge in [0.25, 0.3) is 11.8 Å². The first-order chi connectivity index (χ1) is 14.1. The third kappa shape index (κ3) is 5.19. The number of amides is 2. The first-order valence-electron chi connectivity index (χ1n) is 9.29. The van der Waals surface area contributed by atoms with Crippen LogP contribution in [0.5, 0.6) is 5.75 Å². The van der Waals surface area contributed by atoms with Crippen molar-refractivity contribution in [2.45, 2.75) is 6.42 Å². The zero-order chi connectivity index (χ0) is 20.6. The van der Waals surface area contributed by atoms with Crippen LogP contribution in [0.15, 0.2) is 72.9 Å². The zero-order valence-electron chi connectivity index (χ0n) is 16.5. The summed E-state index contributed by atoms with van der Waals surface area (Å²) in [5.74, 6) is 0.266. The van der Waals surface area contributed by atoms with Gasteiger partial charge in [0, 0.05) is 31.0 Å². The molecule has 29 heavy (non-hydrogen) atoms. The molecule has 0 bridgehead atoms. The van der Waals surface area contributed by atoms with Crippen LogP contribution in [-0.4, -0.2) is 37.5 Å². The van der Waals surface area contributed by atoms with Crippen molar-refractivity contribution in [3.63, 3.8) is 0 Å². The number of methoxy groups -OCH3 is 1. The number of aromatic nitrogens is 1. The van der Waals surface area contributed by atoms with Crippen LogP contribution in [-0.2, 0) is 6.42 Å². The quantitative estimate of drug-likeness (QED) is 0.673. The zero-order valence-corrected chi connectivity index (χ0v) is 16.5. The molecule has 0 saturated carbocycles. The summed E-state index contributed by atoms with van der Waals surface area (Å²) in [7, 11) is 3.30. The van der Waals surface area contributed by atoms with Gasteiger partial charge in [-0.15, -0.1) is 0 Å². The maximum atomic E-state index is 12.7. The molecule has 1 aromatic heterocycles. The Kier molecular flexibility index (Phi) is 6.58. The molecule has 0 aliphatic rings. The van der Waals surface area contributed by atoms with Gasteiger partial charge < -0.3 is 15.0 Å². The van der Waals surface area contributed by atoms with Crippen LogP contribution in [0.1, 0.15) is 26.4 Å². The number of ether oxygens (including phenoxy) is 1. The van der Waals surface area contributed by atoms with E-state index in [1.54, 1.807) is 20.2 Å². The molecule has 0 aliphatic carbocycles. The SMILES string of the molecule is COc1cccc(CCNC(=O)c2ccnc(C(=O)N(C)c3ccccc3)c2)c1. The summed E-state index contributed by atoms with van der Waals surface area (Å²) in [5.41, 5.74) is 2.44. The molecule has 2 aromatic carbocycles. The lowest BCUT2D eigenvalue weighted by molar-refractivity contribution is 0.0954. The summed E-state index contributed by atoms with van der Waals surface area (Å²) in [6.07, 6.45) is 2.15. The van der Waals surface area contributed by atoms with Crippen molar-refractivity contribution in [1.82, 2.24) is 10.3 Å². The molecule has 0 unspecified atom stereocenters. The van der Waals surface area contributed by atoms with Crippen molar-refractivity contribution in [2.24, 2.45) is 0 Å². The minimum absolute atomic E-state index is 0.219. The normalized spacial score (nSPS) is 10.3. The number of hydrogen-bond acceptors (Lipinski definition) is 4. The van der Waals surface area contributed by atoms with E-state index in [4.69, 9.17) is 4.74 Å². The Balaban J connectivity index is 1.62. The van der Waals surface area contributed by atoms with Crippen molar-refractivity contribution in [2.75, 3.05) is 25.6 Å². The number of carbonyl (C=O) groups is 2. The number of carbonyl (C=O) groups excluding carboxylic acids is 2. The van der Waals surface area contributed by atoms with E-state index in [1.807, 2.05) is 54.6 Å². The molecular weight excluding hydrogens is 366 g/mol. The molecular formula is C23H23N3O3. The second-order valence-electron chi connectivity index (χ2n) is 6.49. The van der Waals surface area contributed by atoms with Crippen molar-refractivity contribution >= 4 is 17.5 Å². The summed E-state index contributed by atoms with van der Waals surface area (Å²) in [6.45, 7) is 0.474. The molecule has 3 rings (SSSR count). The second-order valence-corrected chi connectivity index (χ2v) is 6.49. The Hall–Kier alpha value is -3.67. The lowest BCUT2D eigenvalue weighted by Crippen LogP contribution is -2.29. The number of anilines is 1. The second kappa shape index (κ2) is 9.50. The van der Waals surface area contributed by atoms with Crippen LogP contribution in [0, 0.1) is 0 Å². The number of benzene rings is 2. The van der Waals surface area contributed by atoms with Crippen LogP contribution in [0.3, 0.4) is 0 Å². The van der Waals surface area contributed by atoms with Gasteiger partial charge in [-0.1, -0.05) is 30.3 Å². The van der Waals surface area contributed by atoms with Crippen LogP contribution in [0.4, 0.5) is 5.69 Å². The predicted molar refractivity (Wildman–Crippen MR) is 112 cm³/mol. The molecule has 0 fully saturated rings. The highest BCUT2D eigenvalue weighted by molar-refractivity contribution is 6.06. The molecule has 1 heterocycles. The van der Waals surface area contributed by atoms with Crippen molar-refractivity contribution in [3.05, 3.63) is 89.7 Å². The molecule has 0 saturated heterocycles. The molecule has 6 heteroatoms. The van der Waals surface area contributed by atoms with E-state index in [0.717, 1.165) is 17.0 Å². The molecule has 0 spiro atoms. The lowest BCUT2D eigenvalue weighted by atomic mass is 10.1. The van der Waals surface area contributed by atoms with Gasteiger partial charge in [0.05, 0.1) is 7.11 Å². The van der Waals surface area contributed by atoms with Gasteiger partial charge >= 0.3 is 0 Å². The topological polar surface area (TPSA) is 71.5 Å². The van der Waals surface area contributed by atoms with Crippen LogP contribution < -0.4 is 15.0 Å². The maximum Gasteiger partial charge on any atom is 0.276 e. The molecule has 148 valence electrons. The molecule has 0 atom stereocenters.